The molecule has 104 valence electrons. The lowest BCUT2D eigenvalue weighted by atomic mass is 9.91. The molecule has 19 heavy (non-hydrogen) atoms. The van der Waals surface area contributed by atoms with Gasteiger partial charge in [0.15, 0.2) is 0 Å². The summed E-state index contributed by atoms with van der Waals surface area (Å²) in [5.41, 5.74) is 1.04. The second-order valence-corrected chi connectivity index (χ2v) is 6.82. The minimum atomic E-state index is -0.136. The average molecular weight is 391 g/mol. The molecule has 1 heterocycles. The van der Waals surface area contributed by atoms with E-state index in [9.17, 15) is 4.79 Å². The van der Waals surface area contributed by atoms with Crippen LogP contribution in [0.4, 0.5) is 0 Å². The first-order chi connectivity index (χ1) is 8.93. The van der Waals surface area contributed by atoms with Crippen molar-refractivity contribution >= 4 is 37.8 Å². The molecule has 0 aromatic heterocycles. The van der Waals surface area contributed by atoms with E-state index in [1.807, 2.05) is 6.92 Å². The van der Waals surface area contributed by atoms with E-state index >= 15 is 0 Å². The van der Waals surface area contributed by atoms with Crippen molar-refractivity contribution in [2.24, 2.45) is 0 Å². The lowest BCUT2D eigenvalue weighted by Crippen LogP contribution is -2.40. The van der Waals surface area contributed by atoms with Crippen molar-refractivity contribution in [1.29, 1.82) is 0 Å². The first-order valence-corrected chi connectivity index (χ1v) is 7.94. The first kappa shape index (κ1) is 14.9. The van der Waals surface area contributed by atoms with Crippen LogP contribution in [0.2, 0.25) is 0 Å². The van der Waals surface area contributed by atoms with Crippen LogP contribution in [-0.2, 0) is 11.2 Å². The first-order valence-electron chi connectivity index (χ1n) is 6.35. The van der Waals surface area contributed by atoms with Crippen molar-refractivity contribution in [3.05, 3.63) is 26.6 Å². The van der Waals surface area contributed by atoms with E-state index in [2.05, 4.69) is 56.2 Å². The summed E-state index contributed by atoms with van der Waals surface area (Å²) in [5.74, 6) is 0.971. The summed E-state index contributed by atoms with van der Waals surface area (Å²) in [5, 5.41) is 3.06. The fourth-order valence-electron chi connectivity index (χ4n) is 2.43. The number of halogens is 2. The smallest absolute Gasteiger partial charge is 0.220 e. The quantitative estimate of drug-likeness (QED) is 0.848. The standard InChI is InChI=1S/C14H17Br2NO2/c1-3-19-13-10(15)6-9(7-11(13)16)8-14(2)5-4-12(18)17-14/h6-7H,3-5,8H2,1-2H3,(H,17,18). The van der Waals surface area contributed by atoms with E-state index in [4.69, 9.17) is 4.74 Å². The van der Waals surface area contributed by atoms with E-state index in [1.165, 1.54) is 5.56 Å². The number of carbonyl (C=O) groups excluding carboxylic acids is 1. The predicted octanol–water partition coefficient (Wildman–Crippen LogP) is 3.82. The van der Waals surface area contributed by atoms with Gasteiger partial charge in [0.1, 0.15) is 5.75 Å². The Kier molecular flexibility index (Phi) is 4.56. The van der Waals surface area contributed by atoms with Crippen molar-refractivity contribution in [2.75, 3.05) is 6.61 Å². The van der Waals surface area contributed by atoms with Crippen molar-refractivity contribution < 1.29 is 9.53 Å². The summed E-state index contributed by atoms with van der Waals surface area (Å²) in [6, 6.07) is 4.12. The third kappa shape index (κ3) is 3.51. The summed E-state index contributed by atoms with van der Waals surface area (Å²) < 4.78 is 7.44. The molecule has 1 N–H and O–H groups in total. The molecule has 3 nitrogen and oxygen atoms in total. The maximum absolute atomic E-state index is 11.4. The molecule has 1 fully saturated rings. The molecule has 1 aliphatic heterocycles. The van der Waals surface area contributed by atoms with Crippen LogP contribution < -0.4 is 10.1 Å². The molecule has 1 amide bonds. The number of hydrogen-bond acceptors (Lipinski definition) is 2. The number of nitrogens with one attached hydrogen (secondary N) is 1. The molecular weight excluding hydrogens is 374 g/mol. The summed E-state index contributed by atoms with van der Waals surface area (Å²) in [6.45, 7) is 4.68. The minimum absolute atomic E-state index is 0.136. The Balaban J connectivity index is 2.20. The van der Waals surface area contributed by atoms with Crippen molar-refractivity contribution in [3.8, 4) is 5.75 Å². The van der Waals surface area contributed by atoms with Crippen LogP contribution in [0.3, 0.4) is 0 Å². The summed E-state index contributed by atoms with van der Waals surface area (Å²) in [7, 11) is 0. The second-order valence-electron chi connectivity index (χ2n) is 5.11. The topological polar surface area (TPSA) is 38.3 Å². The Labute approximate surface area is 130 Å². The molecule has 0 radical (unpaired) electrons. The average Bonchev–Trinajstić information content (AvgIpc) is 2.63. The van der Waals surface area contributed by atoms with Crippen LogP contribution in [-0.4, -0.2) is 18.1 Å². The highest BCUT2D eigenvalue weighted by atomic mass is 79.9. The Morgan fingerprint density at radius 2 is 2.00 bits per heavy atom. The van der Waals surface area contributed by atoms with Gasteiger partial charge in [0, 0.05) is 12.0 Å². The fraction of sp³-hybridized carbons (Fsp3) is 0.500. The monoisotopic (exact) mass is 389 g/mol. The van der Waals surface area contributed by atoms with E-state index in [1.54, 1.807) is 0 Å². The van der Waals surface area contributed by atoms with Crippen molar-refractivity contribution in [1.82, 2.24) is 5.32 Å². The molecule has 0 saturated carbocycles. The molecule has 0 aliphatic carbocycles. The van der Waals surface area contributed by atoms with E-state index in [0.29, 0.717) is 13.0 Å². The molecule has 0 spiro atoms. The number of carbonyl (C=O) groups is 1. The molecule has 1 atom stereocenters. The maximum atomic E-state index is 11.4. The normalized spacial score (nSPS) is 22.4. The molecule has 1 aromatic carbocycles. The van der Waals surface area contributed by atoms with Gasteiger partial charge in [-0.05, 0) is 76.2 Å². The Morgan fingerprint density at radius 3 is 2.47 bits per heavy atom. The lowest BCUT2D eigenvalue weighted by molar-refractivity contribution is -0.119. The van der Waals surface area contributed by atoms with Gasteiger partial charge < -0.3 is 10.1 Å². The highest BCUT2D eigenvalue weighted by Gasteiger charge is 2.33. The highest BCUT2D eigenvalue weighted by Crippen LogP contribution is 2.36. The van der Waals surface area contributed by atoms with Gasteiger partial charge in [-0.1, -0.05) is 0 Å². The van der Waals surface area contributed by atoms with Gasteiger partial charge in [0.2, 0.25) is 5.91 Å². The van der Waals surface area contributed by atoms with Crippen molar-refractivity contribution in [2.45, 2.75) is 38.6 Å². The van der Waals surface area contributed by atoms with Gasteiger partial charge in [0.05, 0.1) is 15.6 Å². The summed E-state index contributed by atoms with van der Waals surface area (Å²) in [4.78, 5) is 11.4. The third-order valence-electron chi connectivity index (χ3n) is 3.29. The highest BCUT2D eigenvalue weighted by molar-refractivity contribution is 9.11. The maximum Gasteiger partial charge on any atom is 0.220 e. The lowest BCUT2D eigenvalue weighted by Gasteiger charge is -2.24. The zero-order chi connectivity index (χ0) is 14.0. The Bertz CT molecular complexity index is 481. The van der Waals surface area contributed by atoms with Crippen LogP contribution in [0.5, 0.6) is 5.75 Å². The van der Waals surface area contributed by atoms with Crippen LogP contribution in [0.15, 0.2) is 21.1 Å². The van der Waals surface area contributed by atoms with Gasteiger partial charge in [-0.25, -0.2) is 0 Å². The number of hydrogen-bond donors (Lipinski definition) is 1. The minimum Gasteiger partial charge on any atom is -0.492 e. The largest absolute Gasteiger partial charge is 0.492 e. The van der Waals surface area contributed by atoms with E-state index in [-0.39, 0.29) is 11.4 Å². The van der Waals surface area contributed by atoms with Crippen LogP contribution in [0.25, 0.3) is 0 Å². The number of amides is 1. The Morgan fingerprint density at radius 1 is 1.37 bits per heavy atom. The zero-order valence-electron chi connectivity index (χ0n) is 11.1. The Hall–Kier alpha value is -0.550. The van der Waals surface area contributed by atoms with E-state index in [0.717, 1.165) is 27.5 Å². The molecule has 2 rings (SSSR count). The number of rotatable bonds is 4. The predicted molar refractivity (Wildman–Crippen MR) is 82.5 cm³/mol. The molecule has 1 saturated heterocycles. The van der Waals surface area contributed by atoms with Crippen LogP contribution in [0.1, 0.15) is 32.3 Å². The van der Waals surface area contributed by atoms with Crippen molar-refractivity contribution in [3.63, 3.8) is 0 Å². The van der Waals surface area contributed by atoms with Gasteiger partial charge >= 0.3 is 0 Å². The molecule has 1 aromatic rings. The van der Waals surface area contributed by atoms with Gasteiger partial charge in [-0.15, -0.1) is 0 Å². The molecule has 0 bridgehead atoms. The van der Waals surface area contributed by atoms with Gasteiger partial charge in [0.25, 0.3) is 0 Å². The van der Waals surface area contributed by atoms with Gasteiger partial charge in [-0.3, -0.25) is 4.79 Å². The molecule has 5 heteroatoms. The fourth-order valence-corrected chi connectivity index (χ4v) is 3.94. The zero-order valence-corrected chi connectivity index (χ0v) is 14.2. The second kappa shape index (κ2) is 5.83. The SMILES string of the molecule is CCOc1c(Br)cc(CC2(C)CCC(=O)N2)cc1Br. The summed E-state index contributed by atoms with van der Waals surface area (Å²) >= 11 is 7.07. The summed E-state index contributed by atoms with van der Waals surface area (Å²) in [6.07, 6.45) is 2.33. The molecule has 1 aliphatic rings. The van der Waals surface area contributed by atoms with E-state index < -0.39 is 0 Å². The van der Waals surface area contributed by atoms with Crippen LogP contribution >= 0.6 is 31.9 Å². The number of benzene rings is 1. The number of ether oxygens (including phenoxy) is 1. The van der Waals surface area contributed by atoms with Crippen LogP contribution in [0, 0.1) is 0 Å². The third-order valence-corrected chi connectivity index (χ3v) is 4.46. The van der Waals surface area contributed by atoms with Gasteiger partial charge in [-0.2, -0.15) is 0 Å². The molecule has 1 unspecified atom stereocenters. The molecular formula is C14H17Br2NO2.